The molecular formula is C17H27N3O. The molecule has 0 bridgehead atoms. The minimum absolute atomic E-state index is 0.0932. The third-order valence-corrected chi connectivity index (χ3v) is 5.04. The molecule has 4 nitrogen and oxygen atoms in total. The molecule has 21 heavy (non-hydrogen) atoms. The van der Waals surface area contributed by atoms with Gasteiger partial charge in [0.25, 0.3) is 5.56 Å². The Bertz CT molecular complexity index is 511. The van der Waals surface area contributed by atoms with Crippen LogP contribution in [0.15, 0.2) is 23.1 Å². The minimum atomic E-state index is 0.0932. The normalized spacial score (nSPS) is 22.5. The molecule has 0 unspecified atom stereocenters. The molecule has 1 aromatic heterocycles. The zero-order chi connectivity index (χ0) is 14.7. The number of hydrogen-bond donors (Lipinski definition) is 0. The molecule has 2 aliphatic rings. The van der Waals surface area contributed by atoms with Gasteiger partial charge in [-0.05, 0) is 63.5 Å². The van der Waals surface area contributed by atoms with Gasteiger partial charge in [-0.25, -0.2) is 0 Å². The van der Waals surface area contributed by atoms with Gasteiger partial charge in [0.15, 0.2) is 0 Å². The molecule has 0 spiro atoms. The first-order valence-electron chi connectivity index (χ1n) is 8.34. The molecule has 0 N–H and O–H groups in total. The number of nitrogens with zero attached hydrogens (tertiary/aromatic N) is 3. The van der Waals surface area contributed by atoms with Crippen molar-refractivity contribution in [2.45, 2.75) is 44.7 Å². The molecule has 0 aromatic carbocycles. The van der Waals surface area contributed by atoms with Crippen LogP contribution in [0.4, 0.5) is 0 Å². The SMILES string of the molecule is Cn1ccc(CN2CCC(N3CCCCC3)CC2)cc1=O. The van der Waals surface area contributed by atoms with Gasteiger partial charge in [-0.1, -0.05) is 6.42 Å². The topological polar surface area (TPSA) is 28.5 Å². The molecule has 1 aromatic rings. The van der Waals surface area contributed by atoms with E-state index in [0.29, 0.717) is 0 Å². The highest BCUT2D eigenvalue weighted by Crippen LogP contribution is 2.21. The number of piperidine rings is 2. The Morgan fingerprint density at radius 2 is 1.81 bits per heavy atom. The van der Waals surface area contributed by atoms with Crippen LogP contribution in [0.25, 0.3) is 0 Å². The maximum atomic E-state index is 11.7. The molecule has 0 amide bonds. The highest BCUT2D eigenvalue weighted by Gasteiger charge is 2.25. The molecule has 0 atom stereocenters. The van der Waals surface area contributed by atoms with Crippen LogP contribution in [0.5, 0.6) is 0 Å². The quantitative estimate of drug-likeness (QED) is 0.850. The van der Waals surface area contributed by atoms with Crippen molar-refractivity contribution in [3.05, 3.63) is 34.2 Å². The van der Waals surface area contributed by atoms with Crippen LogP contribution in [0, 0.1) is 0 Å². The molecule has 4 heteroatoms. The lowest BCUT2D eigenvalue weighted by atomic mass is 9.99. The fraction of sp³-hybridized carbons (Fsp3) is 0.706. The van der Waals surface area contributed by atoms with Crippen LogP contribution in [-0.4, -0.2) is 46.6 Å². The molecule has 3 heterocycles. The number of rotatable bonds is 3. The number of hydrogen-bond acceptors (Lipinski definition) is 3. The van der Waals surface area contributed by atoms with Crippen molar-refractivity contribution < 1.29 is 0 Å². The van der Waals surface area contributed by atoms with Crippen molar-refractivity contribution in [1.82, 2.24) is 14.4 Å². The van der Waals surface area contributed by atoms with Crippen LogP contribution < -0.4 is 5.56 Å². The zero-order valence-electron chi connectivity index (χ0n) is 13.1. The summed E-state index contributed by atoms with van der Waals surface area (Å²) < 4.78 is 1.63. The summed E-state index contributed by atoms with van der Waals surface area (Å²) in [5.74, 6) is 0. The van der Waals surface area contributed by atoms with Crippen LogP contribution in [-0.2, 0) is 13.6 Å². The second-order valence-corrected chi connectivity index (χ2v) is 6.59. The molecule has 3 rings (SSSR count). The van der Waals surface area contributed by atoms with Crippen LogP contribution in [0.3, 0.4) is 0 Å². The number of aryl methyl sites for hydroxylation is 1. The minimum Gasteiger partial charge on any atom is -0.319 e. The van der Waals surface area contributed by atoms with Gasteiger partial charge < -0.3 is 9.47 Å². The van der Waals surface area contributed by atoms with E-state index < -0.39 is 0 Å². The third kappa shape index (κ3) is 3.74. The molecule has 0 saturated carbocycles. The van der Waals surface area contributed by atoms with Crippen molar-refractivity contribution >= 4 is 0 Å². The number of aromatic nitrogens is 1. The summed E-state index contributed by atoms with van der Waals surface area (Å²) >= 11 is 0. The Kier molecular flexibility index (Phi) is 4.76. The van der Waals surface area contributed by atoms with Crippen LogP contribution in [0.2, 0.25) is 0 Å². The lowest BCUT2D eigenvalue weighted by Crippen LogP contribution is -2.46. The molecule has 2 fully saturated rings. The summed E-state index contributed by atoms with van der Waals surface area (Å²) in [6.45, 7) is 5.86. The van der Waals surface area contributed by atoms with Crippen molar-refractivity contribution in [3.8, 4) is 0 Å². The maximum absolute atomic E-state index is 11.7. The first-order chi connectivity index (χ1) is 10.2. The van der Waals surface area contributed by atoms with Gasteiger partial charge in [-0.3, -0.25) is 9.69 Å². The van der Waals surface area contributed by atoms with Gasteiger partial charge in [0.05, 0.1) is 0 Å². The first kappa shape index (κ1) is 14.8. The average Bonchev–Trinajstić information content (AvgIpc) is 2.53. The summed E-state index contributed by atoms with van der Waals surface area (Å²) in [4.78, 5) is 16.9. The van der Waals surface area contributed by atoms with E-state index in [-0.39, 0.29) is 5.56 Å². The van der Waals surface area contributed by atoms with Crippen LogP contribution >= 0.6 is 0 Å². The van der Waals surface area contributed by atoms with E-state index in [9.17, 15) is 4.79 Å². The maximum Gasteiger partial charge on any atom is 0.250 e. The number of likely N-dealkylation sites (tertiary alicyclic amines) is 2. The van der Waals surface area contributed by atoms with Gasteiger partial charge in [0, 0.05) is 31.9 Å². The summed E-state index contributed by atoms with van der Waals surface area (Å²) in [5, 5.41) is 0. The second kappa shape index (κ2) is 6.75. The van der Waals surface area contributed by atoms with Gasteiger partial charge in [0.2, 0.25) is 0 Å². The fourth-order valence-corrected chi connectivity index (χ4v) is 3.67. The first-order valence-corrected chi connectivity index (χ1v) is 8.34. The monoisotopic (exact) mass is 289 g/mol. The van der Waals surface area contributed by atoms with E-state index >= 15 is 0 Å². The van der Waals surface area contributed by atoms with E-state index in [1.807, 2.05) is 6.20 Å². The summed E-state index contributed by atoms with van der Waals surface area (Å²) in [6, 6.07) is 4.64. The standard InChI is InChI=1S/C17H27N3O/c1-18-10-5-15(13-17(18)21)14-19-11-6-16(7-12-19)20-8-3-2-4-9-20/h5,10,13,16H,2-4,6-9,11-12,14H2,1H3. The van der Waals surface area contributed by atoms with Gasteiger partial charge in [-0.2, -0.15) is 0 Å². The highest BCUT2D eigenvalue weighted by atomic mass is 16.1. The lowest BCUT2D eigenvalue weighted by Gasteiger charge is -2.40. The van der Waals surface area contributed by atoms with Gasteiger partial charge in [0.1, 0.15) is 0 Å². The Morgan fingerprint density at radius 3 is 2.48 bits per heavy atom. The molecule has 116 valence electrons. The third-order valence-electron chi connectivity index (χ3n) is 5.04. The molecule has 2 aliphatic heterocycles. The van der Waals surface area contributed by atoms with E-state index in [1.54, 1.807) is 17.7 Å². The van der Waals surface area contributed by atoms with Crippen molar-refractivity contribution in [2.75, 3.05) is 26.2 Å². The van der Waals surface area contributed by atoms with E-state index in [0.717, 1.165) is 31.2 Å². The second-order valence-electron chi connectivity index (χ2n) is 6.59. The summed E-state index contributed by atoms with van der Waals surface area (Å²) in [6.07, 6.45) is 8.62. The van der Waals surface area contributed by atoms with Crippen molar-refractivity contribution in [2.24, 2.45) is 7.05 Å². The van der Waals surface area contributed by atoms with Crippen molar-refractivity contribution in [3.63, 3.8) is 0 Å². The predicted octanol–water partition coefficient (Wildman–Crippen LogP) is 1.84. The summed E-state index contributed by atoms with van der Waals surface area (Å²) in [5.41, 5.74) is 1.24. The van der Waals surface area contributed by atoms with E-state index in [1.165, 1.54) is 45.2 Å². The zero-order valence-corrected chi connectivity index (χ0v) is 13.1. The fourth-order valence-electron chi connectivity index (χ4n) is 3.67. The highest BCUT2D eigenvalue weighted by molar-refractivity contribution is 5.10. The van der Waals surface area contributed by atoms with E-state index in [4.69, 9.17) is 0 Å². The molecular weight excluding hydrogens is 262 g/mol. The Hall–Kier alpha value is -1.13. The molecule has 2 saturated heterocycles. The van der Waals surface area contributed by atoms with Crippen molar-refractivity contribution in [1.29, 1.82) is 0 Å². The molecule has 0 aliphatic carbocycles. The largest absolute Gasteiger partial charge is 0.319 e. The Labute approximate surface area is 127 Å². The van der Waals surface area contributed by atoms with Gasteiger partial charge in [-0.15, -0.1) is 0 Å². The molecule has 0 radical (unpaired) electrons. The number of pyridine rings is 1. The Balaban J connectivity index is 1.51. The smallest absolute Gasteiger partial charge is 0.250 e. The van der Waals surface area contributed by atoms with Gasteiger partial charge >= 0.3 is 0 Å². The van der Waals surface area contributed by atoms with Crippen LogP contribution in [0.1, 0.15) is 37.7 Å². The average molecular weight is 289 g/mol. The predicted molar refractivity (Wildman–Crippen MR) is 85.4 cm³/mol. The summed E-state index contributed by atoms with van der Waals surface area (Å²) in [7, 11) is 1.80. The Morgan fingerprint density at radius 1 is 1.10 bits per heavy atom. The van der Waals surface area contributed by atoms with E-state index in [2.05, 4.69) is 15.9 Å². The lowest BCUT2D eigenvalue weighted by molar-refractivity contribution is 0.0896.